The van der Waals surface area contributed by atoms with Crippen LogP contribution in [-0.2, 0) is 9.59 Å². The average molecular weight is 362 g/mol. The lowest BCUT2D eigenvalue weighted by atomic mass is 10.0. The van der Waals surface area contributed by atoms with Crippen LogP contribution in [0.5, 0.6) is 5.75 Å². The van der Waals surface area contributed by atoms with Crippen molar-refractivity contribution in [2.75, 3.05) is 6.54 Å². The summed E-state index contributed by atoms with van der Waals surface area (Å²) in [7, 11) is 0. The van der Waals surface area contributed by atoms with Crippen LogP contribution in [0.15, 0.2) is 16.6 Å². The maximum atomic E-state index is 11.3. The Morgan fingerprint density at radius 1 is 1.48 bits per heavy atom. The second-order valence-electron chi connectivity index (χ2n) is 4.04. The second-order valence-corrected chi connectivity index (χ2v) is 4.96. The Balaban J connectivity index is 3.32. The van der Waals surface area contributed by atoms with Crippen molar-refractivity contribution >= 4 is 33.5 Å². The molecule has 0 aliphatic rings. The number of carbonyl (C=O) groups is 2. The normalized spacial score (nSPS) is 11.7. The van der Waals surface area contributed by atoms with Gasteiger partial charge in [0.25, 0.3) is 0 Å². The summed E-state index contributed by atoms with van der Waals surface area (Å²) >= 11 is 3.03. The fourth-order valence-electron chi connectivity index (χ4n) is 1.68. The van der Waals surface area contributed by atoms with Crippen LogP contribution in [-0.4, -0.2) is 33.6 Å². The number of carbonyl (C=O) groups excluding carboxylic acids is 1. The Morgan fingerprint density at radius 3 is 2.57 bits per heavy atom. The van der Waals surface area contributed by atoms with Crippen LogP contribution in [0.3, 0.4) is 0 Å². The van der Waals surface area contributed by atoms with Gasteiger partial charge in [-0.3, -0.25) is 19.7 Å². The Bertz CT molecular complexity index is 592. The van der Waals surface area contributed by atoms with E-state index in [9.17, 15) is 24.8 Å². The molecule has 0 aliphatic carbocycles. The molecule has 0 aromatic heterocycles. The van der Waals surface area contributed by atoms with Crippen molar-refractivity contribution in [2.45, 2.75) is 12.5 Å². The molecule has 0 fully saturated rings. The van der Waals surface area contributed by atoms with E-state index in [4.69, 9.17) is 10.8 Å². The van der Waals surface area contributed by atoms with Gasteiger partial charge in [0.15, 0.2) is 5.75 Å². The van der Waals surface area contributed by atoms with Gasteiger partial charge in [-0.2, -0.15) is 0 Å². The highest BCUT2D eigenvalue weighted by atomic mass is 79.9. The first-order valence-corrected chi connectivity index (χ1v) is 6.43. The van der Waals surface area contributed by atoms with Crippen LogP contribution in [0.4, 0.5) is 5.69 Å². The zero-order valence-electron chi connectivity index (χ0n) is 10.6. The molecule has 1 aromatic carbocycles. The Hall–Kier alpha value is -2.20. The quantitative estimate of drug-likeness (QED) is 0.428. The highest BCUT2D eigenvalue weighted by Crippen LogP contribution is 2.37. The average Bonchev–Trinajstić information content (AvgIpc) is 2.39. The first kappa shape index (κ1) is 16.9. The Labute approximate surface area is 127 Å². The van der Waals surface area contributed by atoms with Crippen LogP contribution in [0.25, 0.3) is 0 Å². The number of aromatic hydroxyl groups is 1. The van der Waals surface area contributed by atoms with Gasteiger partial charge in [-0.1, -0.05) is 15.9 Å². The number of nitrogens with one attached hydrogen (secondary N) is 1. The molecule has 0 bridgehead atoms. The molecule has 1 rings (SSSR count). The molecule has 9 nitrogen and oxygen atoms in total. The van der Waals surface area contributed by atoms with E-state index in [1.54, 1.807) is 0 Å². The number of phenols is 1. The van der Waals surface area contributed by atoms with Gasteiger partial charge in [0.1, 0.15) is 0 Å². The van der Waals surface area contributed by atoms with E-state index in [0.717, 1.165) is 6.07 Å². The molecule has 1 atom stereocenters. The Kier molecular flexibility index (Phi) is 5.61. The number of hydrogen-bond donors (Lipinski definition) is 4. The predicted octanol–water partition coefficient (Wildman–Crippen LogP) is 0.654. The summed E-state index contributed by atoms with van der Waals surface area (Å²) in [6, 6.07) is 1.23. The zero-order valence-corrected chi connectivity index (χ0v) is 12.2. The number of nitro benzene ring substituents is 1. The number of benzene rings is 1. The fraction of sp³-hybridized carbons (Fsp3) is 0.273. The molecule has 114 valence electrons. The zero-order chi connectivity index (χ0) is 16.2. The summed E-state index contributed by atoms with van der Waals surface area (Å²) in [4.78, 5) is 32.2. The van der Waals surface area contributed by atoms with Gasteiger partial charge >= 0.3 is 11.7 Å². The molecule has 10 heteroatoms. The molecule has 0 radical (unpaired) electrons. The van der Waals surface area contributed by atoms with Gasteiger partial charge < -0.3 is 21.3 Å². The van der Waals surface area contributed by atoms with E-state index in [-0.39, 0.29) is 16.6 Å². The van der Waals surface area contributed by atoms with Gasteiger partial charge in [0.2, 0.25) is 5.91 Å². The molecular formula is C11H12BrN3O6. The molecular weight excluding hydrogens is 350 g/mol. The lowest BCUT2D eigenvalue weighted by Crippen LogP contribution is -2.34. The highest BCUT2D eigenvalue weighted by Gasteiger charge is 2.26. The Morgan fingerprint density at radius 2 is 2.10 bits per heavy atom. The van der Waals surface area contributed by atoms with Crippen molar-refractivity contribution in [1.82, 2.24) is 5.32 Å². The number of hydrogen-bond acceptors (Lipinski definition) is 6. The van der Waals surface area contributed by atoms with Crippen LogP contribution in [0.1, 0.15) is 18.0 Å². The largest absolute Gasteiger partial charge is 0.502 e. The molecule has 1 aromatic rings. The number of carboxylic acids is 1. The maximum Gasteiger partial charge on any atom is 0.312 e. The summed E-state index contributed by atoms with van der Waals surface area (Å²) in [5.41, 5.74) is 4.45. The summed E-state index contributed by atoms with van der Waals surface area (Å²) in [6.45, 7) is -0.382. The molecule has 1 unspecified atom stereocenters. The van der Waals surface area contributed by atoms with Crippen molar-refractivity contribution in [3.05, 3.63) is 32.3 Å². The topological polar surface area (TPSA) is 156 Å². The number of rotatable bonds is 6. The van der Waals surface area contributed by atoms with Crippen LogP contribution in [0.2, 0.25) is 0 Å². The number of amides is 1. The van der Waals surface area contributed by atoms with Crippen LogP contribution >= 0.6 is 15.9 Å². The lowest BCUT2D eigenvalue weighted by molar-refractivity contribution is -0.386. The lowest BCUT2D eigenvalue weighted by Gasteiger charge is -2.18. The minimum Gasteiger partial charge on any atom is -0.502 e. The monoisotopic (exact) mass is 361 g/mol. The van der Waals surface area contributed by atoms with E-state index >= 15 is 0 Å². The minimum atomic E-state index is -1.25. The van der Waals surface area contributed by atoms with Gasteiger partial charge in [0, 0.05) is 16.1 Å². The smallest absolute Gasteiger partial charge is 0.312 e. The summed E-state index contributed by atoms with van der Waals surface area (Å²) < 4.78 is 0.263. The molecule has 0 saturated carbocycles. The molecule has 0 saturated heterocycles. The number of halogens is 1. The predicted molar refractivity (Wildman–Crippen MR) is 74.7 cm³/mol. The third kappa shape index (κ3) is 4.39. The summed E-state index contributed by atoms with van der Waals surface area (Å²) in [5, 5.41) is 31.9. The number of carboxylic acid groups (broad SMARTS) is 1. The van der Waals surface area contributed by atoms with Crippen LogP contribution in [0, 0.1) is 10.1 Å². The van der Waals surface area contributed by atoms with Gasteiger partial charge in [-0.15, -0.1) is 0 Å². The summed E-state index contributed by atoms with van der Waals surface area (Å²) in [6.07, 6.45) is -0.563. The molecule has 0 heterocycles. The van der Waals surface area contributed by atoms with Crippen molar-refractivity contribution in [3.8, 4) is 5.75 Å². The van der Waals surface area contributed by atoms with Crippen molar-refractivity contribution < 1.29 is 24.7 Å². The summed E-state index contributed by atoms with van der Waals surface area (Å²) in [5.74, 6) is -2.60. The molecule has 0 spiro atoms. The molecule has 0 aliphatic heterocycles. The SMILES string of the molecule is NCC(=O)NC(CC(=O)O)c1cc(Br)cc([N+](=O)[O-])c1O. The highest BCUT2D eigenvalue weighted by molar-refractivity contribution is 9.10. The maximum absolute atomic E-state index is 11.3. The van der Waals surface area contributed by atoms with E-state index in [0.29, 0.717) is 0 Å². The van der Waals surface area contributed by atoms with Crippen molar-refractivity contribution in [1.29, 1.82) is 0 Å². The van der Waals surface area contributed by atoms with Gasteiger partial charge in [0.05, 0.1) is 23.9 Å². The second kappa shape index (κ2) is 6.99. The molecule has 5 N–H and O–H groups in total. The third-order valence-electron chi connectivity index (χ3n) is 2.56. The van der Waals surface area contributed by atoms with Crippen molar-refractivity contribution in [2.24, 2.45) is 5.73 Å². The fourth-order valence-corrected chi connectivity index (χ4v) is 2.14. The van der Waals surface area contributed by atoms with E-state index in [1.807, 2.05) is 0 Å². The first-order valence-electron chi connectivity index (χ1n) is 5.64. The number of nitrogens with two attached hydrogens (primary N) is 1. The molecule has 1 amide bonds. The number of aliphatic carboxylic acids is 1. The molecule has 21 heavy (non-hydrogen) atoms. The van der Waals surface area contributed by atoms with E-state index in [1.165, 1.54) is 6.07 Å². The van der Waals surface area contributed by atoms with E-state index in [2.05, 4.69) is 21.2 Å². The first-order chi connectivity index (χ1) is 9.76. The van der Waals surface area contributed by atoms with E-state index < -0.39 is 40.7 Å². The number of nitro groups is 1. The van der Waals surface area contributed by atoms with Crippen molar-refractivity contribution in [3.63, 3.8) is 0 Å². The number of phenolic OH excluding ortho intramolecular Hbond substituents is 1. The van der Waals surface area contributed by atoms with Crippen LogP contribution < -0.4 is 11.1 Å². The minimum absolute atomic E-state index is 0.0831. The van der Waals surface area contributed by atoms with Gasteiger partial charge in [-0.25, -0.2) is 0 Å². The van der Waals surface area contributed by atoms with Gasteiger partial charge in [-0.05, 0) is 6.07 Å². The number of nitrogens with zero attached hydrogens (tertiary/aromatic N) is 1. The standard InChI is InChI=1S/C11H12BrN3O6/c12-5-1-6(11(19)8(2-5)15(20)21)7(3-10(17)18)14-9(16)4-13/h1-2,7,19H,3-4,13H2,(H,14,16)(H,17,18). The third-order valence-corrected chi connectivity index (χ3v) is 3.01.